The van der Waals surface area contributed by atoms with E-state index in [1.54, 1.807) is 0 Å². The maximum Gasteiger partial charge on any atom is 0.315 e. The number of hydrogen-bond acceptors (Lipinski definition) is 4. The SMILES string of the molecule is COC(=O)CCNC(=O)NC1C2CCC(C2)C1C(=O)O. The zero-order valence-electron chi connectivity index (χ0n) is 11.4. The molecule has 7 nitrogen and oxygen atoms in total. The van der Waals surface area contributed by atoms with Gasteiger partial charge in [0.2, 0.25) is 0 Å². The number of urea groups is 1. The van der Waals surface area contributed by atoms with Gasteiger partial charge in [0.25, 0.3) is 0 Å². The number of amides is 2. The Morgan fingerprint density at radius 2 is 1.95 bits per heavy atom. The van der Waals surface area contributed by atoms with Crippen LogP contribution in [0.5, 0.6) is 0 Å². The van der Waals surface area contributed by atoms with Crippen LogP contribution in [-0.4, -0.2) is 42.8 Å². The molecule has 2 saturated carbocycles. The van der Waals surface area contributed by atoms with E-state index in [2.05, 4.69) is 15.4 Å². The fourth-order valence-corrected chi connectivity index (χ4v) is 3.44. The first-order chi connectivity index (χ1) is 9.52. The number of carboxylic acids is 1. The van der Waals surface area contributed by atoms with Crippen molar-refractivity contribution in [2.45, 2.75) is 31.7 Å². The van der Waals surface area contributed by atoms with Crippen molar-refractivity contribution < 1.29 is 24.2 Å². The fourth-order valence-electron chi connectivity index (χ4n) is 3.44. The molecule has 112 valence electrons. The highest BCUT2D eigenvalue weighted by molar-refractivity contribution is 5.78. The van der Waals surface area contributed by atoms with Gasteiger partial charge in [-0.15, -0.1) is 0 Å². The minimum Gasteiger partial charge on any atom is -0.481 e. The number of nitrogens with one attached hydrogen (secondary N) is 2. The van der Waals surface area contributed by atoms with E-state index in [-0.39, 0.29) is 30.8 Å². The van der Waals surface area contributed by atoms with Crippen LogP contribution in [0.3, 0.4) is 0 Å². The van der Waals surface area contributed by atoms with Crippen LogP contribution < -0.4 is 10.6 Å². The van der Waals surface area contributed by atoms with Crippen LogP contribution in [0.2, 0.25) is 0 Å². The Bertz CT molecular complexity index is 412. The van der Waals surface area contributed by atoms with Gasteiger partial charge in [-0.25, -0.2) is 4.79 Å². The molecule has 3 N–H and O–H groups in total. The minimum atomic E-state index is -0.836. The van der Waals surface area contributed by atoms with Crippen molar-refractivity contribution in [3.63, 3.8) is 0 Å². The van der Waals surface area contributed by atoms with Crippen molar-refractivity contribution in [2.24, 2.45) is 17.8 Å². The number of fused-ring (bicyclic) bond motifs is 2. The van der Waals surface area contributed by atoms with Crippen molar-refractivity contribution in [2.75, 3.05) is 13.7 Å². The number of carbonyl (C=O) groups excluding carboxylic acids is 2. The molecule has 0 aromatic heterocycles. The number of methoxy groups -OCH3 is 1. The van der Waals surface area contributed by atoms with Gasteiger partial charge in [-0.1, -0.05) is 0 Å². The zero-order valence-corrected chi connectivity index (χ0v) is 11.4. The molecule has 20 heavy (non-hydrogen) atoms. The summed E-state index contributed by atoms with van der Waals surface area (Å²) >= 11 is 0. The van der Waals surface area contributed by atoms with Gasteiger partial charge in [-0.3, -0.25) is 9.59 Å². The maximum absolute atomic E-state index is 11.7. The predicted octanol–water partition coefficient (Wildman–Crippen LogP) is 0.348. The summed E-state index contributed by atoms with van der Waals surface area (Å²) in [7, 11) is 1.29. The second-order valence-electron chi connectivity index (χ2n) is 5.45. The van der Waals surface area contributed by atoms with Gasteiger partial charge in [0, 0.05) is 12.6 Å². The Kier molecular flexibility index (Phi) is 4.46. The molecule has 0 aromatic rings. The van der Waals surface area contributed by atoms with Gasteiger partial charge in [0.05, 0.1) is 19.4 Å². The maximum atomic E-state index is 11.7. The summed E-state index contributed by atoms with van der Waals surface area (Å²) < 4.78 is 4.47. The highest BCUT2D eigenvalue weighted by Crippen LogP contribution is 2.48. The Morgan fingerprint density at radius 3 is 2.60 bits per heavy atom. The number of ether oxygens (including phenoxy) is 1. The lowest BCUT2D eigenvalue weighted by Gasteiger charge is -2.28. The lowest BCUT2D eigenvalue weighted by Crippen LogP contribution is -2.50. The second kappa shape index (κ2) is 6.11. The normalized spacial score (nSPS) is 30.9. The number of hydrogen-bond donors (Lipinski definition) is 3. The summed E-state index contributed by atoms with van der Waals surface area (Å²) in [5.41, 5.74) is 0. The van der Waals surface area contributed by atoms with Crippen LogP contribution in [0, 0.1) is 17.8 Å². The average Bonchev–Trinajstić information content (AvgIpc) is 2.98. The van der Waals surface area contributed by atoms with E-state index in [4.69, 9.17) is 0 Å². The van der Waals surface area contributed by atoms with Gasteiger partial charge in [0.1, 0.15) is 0 Å². The first-order valence-corrected chi connectivity index (χ1v) is 6.87. The largest absolute Gasteiger partial charge is 0.481 e. The molecule has 4 atom stereocenters. The summed E-state index contributed by atoms with van der Waals surface area (Å²) in [4.78, 5) is 34.0. The summed E-state index contributed by atoms with van der Waals surface area (Å²) in [5, 5.41) is 14.6. The molecule has 2 rings (SSSR count). The fraction of sp³-hybridized carbons (Fsp3) is 0.769. The van der Waals surface area contributed by atoms with Crippen molar-refractivity contribution in [1.82, 2.24) is 10.6 Å². The predicted molar refractivity (Wildman–Crippen MR) is 68.9 cm³/mol. The Labute approximate surface area is 117 Å². The molecule has 0 radical (unpaired) electrons. The van der Waals surface area contributed by atoms with Crippen LogP contribution in [0.15, 0.2) is 0 Å². The van der Waals surface area contributed by atoms with Gasteiger partial charge < -0.3 is 20.5 Å². The third-order valence-electron chi connectivity index (χ3n) is 4.34. The number of rotatable bonds is 5. The molecule has 0 aliphatic heterocycles. The van der Waals surface area contributed by atoms with Crippen LogP contribution in [-0.2, 0) is 14.3 Å². The molecule has 2 fully saturated rings. The molecule has 2 aliphatic carbocycles. The standard InChI is InChI=1S/C13H20N2O5/c1-20-9(16)4-5-14-13(19)15-11-8-3-2-7(6-8)10(11)12(17)18/h7-8,10-11H,2-6H2,1H3,(H,17,18)(H2,14,15,19). The molecule has 2 aliphatic rings. The van der Waals surface area contributed by atoms with Gasteiger partial charge in [-0.05, 0) is 31.1 Å². The van der Waals surface area contributed by atoms with E-state index < -0.39 is 23.9 Å². The Balaban J connectivity index is 1.81. The molecular weight excluding hydrogens is 264 g/mol. The average molecular weight is 284 g/mol. The first kappa shape index (κ1) is 14.6. The van der Waals surface area contributed by atoms with E-state index in [9.17, 15) is 19.5 Å². The van der Waals surface area contributed by atoms with Crippen molar-refractivity contribution in [1.29, 1.82) is 0 Å². The second-order valence-corrected chi connectivity index (χ2v) is 5.45. The summed E-state index contributed by atoms with van der Waals surface area (Å²) in [6.45, 7) is 0.178. The van der Waals surface area contributed by atoms with Gasteiger partial charge in [-0.2, -0.15) is 0 Å². The van der Waals surface area contributed by atoms with E-state index in [1.165, 1.54) is 7.11 Å². The number of carbonyl (C=O) groups is 3. The van der Waals surface area contributed by atoms with Crippen molar-refractivity contribution >= 4 is 18.0 Å². The van der Waals surface area contributed by atoms with Crippen molar-refractivity contribution in [3.05, 3.63) is 0 Å². The zero-order chi connectivity index (χ0) is 14.7. The Hall–Kier alpha value is -1.79. The molecule has 7 heteroatoms. The summed E-state index contributed by atoms with van der Waals surface area (Å²) in [5.74, 6) is -1.28. The number of esters is 1. The van der Waals surface area contributed by atoms with Gasteiger partial charge >= 0.3 is 18.0 Å². The lowest BCUT2D eigenvalue weighted by molar-refractivity contribution is -0.144. The topological polar surface area (TPSA) is 105 Å². The quantitative estimate of drug-likeness (QED) is 0.632. The summed E-state index contributed by atoms with van der Waals surface area (Å²) in [6, 6.07) is -0.720. The monoisotopic (exact) mass is 284 g/mol. The van der Waals surface area contributed by atoms with Crippen LogP contribution in [0.4, 0.5) is 4.79 Å². The van der Waals surface area contributed by atoms with Gasteiger partial charge in [0.15, 0.2) is 0 Å². The number of aliphatic carboxylic acids is 1. The molecule has 2 amide bonds. The van der Waals surface area contributed by atoms with E-state index in [0.717, 1.165) is 19.3 Å². The molecule has 0 spiro atoms. The highest BCUT2D eigenvalue weighted by atomic mass is 16.5. The van der Waals surface area contributed by atoms with E-state index >= 15 is 0 Å². The molecule has 0 saturated heterocycles. The smallest absolute Gasteiger partial charge is 0.315 e. The Morgan fingerprint density at radius 1 is 1.25 bits per heavy atom. The molecule has 2 bridgehead atoms. The molecular formula is C13H20N2O5. The van der Waals surface area contributed by atoms with Crippen molar-refractivity contribution in [3.8, 4) is 0 Å². The van der Waals surface area contributed by atoms with Crippen LogP contribution in [0.25, 0.3) is 0 Å². The summed E-state index contributed by atoms with van der Waals surface area (Å²) in [6.07, 6.45) is 2.89. The molecule has 0 heterocycles. The first-order valence-electron chi connectivity index (χ1n) is 6.87. The molecule has 0 aromatic carbocycles. The molecule has 4 unspecified atom stereocenters. The van der Waals surface area contributed by atoms with Crippen LogP contribution >= 0.6 is 0 Å². The van der Waals surface area contributed by atoms with E-state index in [0.29, 0.717) is 0 Å². The highest BCUT2D eigenvalue weighted by Gasteiger charge is 2.51. The minimum absolute atomic E-state index is 0.100. The third-order valence-corrected chi connectivity index (χ3v) is 4.34. The van der Waals surface area contributed by atoms with E-state index in [1.807, 2.05) is 0 Å². The third kappa shape index (κ3) is 3.02. The van der Waals surface area contributed by atoms with Crippen LogP contribution in [0.1, 0.15) is 25.7 Å². The number of carboxylic acid groups (broad SMARTS) is 1. The lowest BCUT2D eigenvalue weighted by atomic mass is 9.84.